The van der Waals surface area contributed by atoms with Crippen LogP contribution in [0.2, 0.25) is 0 Å². The SMILES string of the molecule is COC(=O)c1ccc(C(=O)OC)c(NC(=O)c2cc(-c3ccc(C)c(C)c3)nc3ccccc23)c1. The molecule has 4 aromatic rings. The molecule has 0 aliphatic carbocycles. The zero-order valence-electron chi connectivity index (χ0n) is 19.8. The summed E-state index contributed by atoms with van der Waals surface area (Å²) in [4.78, 5) is 42.7. The summed E-state index contributed by atoms with van der Waals surface area (Å²) < 4.78 is 9.61. The van der Waals surface area contributed by atoms with Crippen molar-refractivity contribution in [2.75, 3.05) is 19.5 Å². The number of benzene rings is 3. The molecule has 3 aromatic carbocycles. The van der Waals surface area contributed by atoms with Gasteiger partial charge in [0.1, 0.15) is 0 Å². The summed E-state index contributed by atoms with van der Waals surface area (Å²) in [6, 6.07) is 19.3. The minimum atomic E-state index is -0.646. The molecule has 1 aromatic heterocycles. The number of anilines is 1. The van der Waals surface area contributed by atoms with Gasteiger partial charge in [0.05, 0.1) is 47.8 Å². The summed E-state index contributed by atoms with van der Waals surface area (Å²) in [7, 11) is 2.50. The van der Waals surface area contributed by atoms with E-state index in [1.54, 1.807) is 6.07 Å². The zero-order valence-corrected chi connectivity index (χ0v) is 19.8. The van der Waals surface area contributed by atoms with E-state index >= 15 is 0 Å². The fourth-order valence-corrected chi connectivity index (χ4v) is 3.78. The van der Waals surface area contributed by atoms with E-state index in [-0.39, 0.29) is 16.8 Å². The summed E-state index contributed by atoms with van der Waals surface area (Å²) in [5, 5.41) is 3.43. The maximum atomic E-state index is 13.5. The van der Waals surface area contributed by atoms with Crippen molar-refractivity contribution in [3.05, 3.63) is 94.5 Å². The van der Waals surface area contributed by atoms with Crippen molar-refractivity contribution in [3.8, 4) is 11.3 Å². The molecular formula is C28H24N2O5. The predicted octanol–water partition coefficient (Wildman–Crippen LogP) is 5.34. The van der Waals surface area contributed by atoms with Crippen molar-refractivity contribution in [1.29, 1.82) is 0 Å². The molecule has 1 amide bonds. The first-order valence-electron chi connectivity index (χ1n) is 10.9. The molecule has 7 heteroatoms. The van der Waals surface area contributed by atoms with E-state index in [0.29, 0.717) is 22.2 Å². The standard InChI is InChI=1S/C28H24N2O5/c1-16-9-10-18(13-17(16)2)24-15-22(20-7-5-6-8-23(20)29-24)26(31)30-25-14-19(27(32)34-3)11-12-21(25)28(33)35-4/h5-15H,1-4H3,(H,30,31). The fraction of sp³-hybridized carbons (Fsp3) is 0.143. The molecule has 0 atom stereocenters. The van der Waals surface area contributed by atoms with Crippen molar-refractivity contribution in [1.82, 2.24) is 4.98 Å². The van der Waals surface area contributed by atoms with Gasteiger partial charge < -0.3 is 14.8 Å². The van der Waals surface area contributed by atoms with E-state index in [0.717, 1.165) is 16.7 Å². The van der Waals surface area contributed by atoms with Gasteiger partial charge in [-0.15, -0.1) is 0 Å². The number of nitrogens with zero attached hydrogens (tertiary/aromatic N) is 1. The van der Waals surface area contributed by atoms with Crippen molar-refractivity contribution in [2.45, 2.75) is 13.8 Å². The lowest BCUT2D eigenvalue weighted by atomic mass is 10.0. The fourth-order valence-electron chi connectivity index (χ4n) is 3.78. The number of aryl methyl sites for hydroxylation is 2. The van der Waals surface area contributed by atoms with Crippen LogP contribution in [0.5, 0.6) is 0 Å². The van der Waals surface area contributed by atoms with Crippen LogP contribution in [0.25, 0.3) is 22.2 Å². The van der Waals surface area contributed by atoms with Gasteiger partial charge in [-0.1, -0.05) is 30.3 Å². The number of hydrogen-bond donors (Lipinski definition) is 1. The number of para-hydroxylation sites is 1. The molecule has 0 radical (unpaired) electrons. The van der Waals surface area contributed by atoms with Crippen LogP contribution in [-0.2, 0) is 9.47 Å². The van der Waals surface area contributed by atoms with Gasteiger partial charge in [0.2, 0.25) is 0 Å². The van der Waals surface area contributed by atoms with E-state index in [1.165, 1.54) is 32.4 Å². The third kappa shape index (κ3) is 4.75. The van der Waals surface area contributed by atoms with Crippen molar-refractivity contribution < 1.29 is 23.9 Å². The molecule has 0 aliphatic heterocycles. The van der Waals surface area contributed by atoms with Gasteiger partial charge in [-0.3, -0.25) is 4.79 Å². The molecule has 0 saturated carbocycles. The molecule has 0 spiro atoms. The second-order valence-corrected chi connectivity index (χ2v) is 8.07. The highest BCUT2D eigenvalue weighted by atomic mass is 16.5. The number of carbonyl (C=O) groups excluding carboxylic acids is 3. The van der Waals surface area contributed by atoms with Gasteiger partial charge in [0, 0.05) is 10.9 Å². The molecule has 0 fully saturated rings. The Labute approximate surface area is 202 Å². The first-order chi connectivity index (χ1) is 16.8. The zero-order chi connectivity index (χ0) is 25.1. The van der Waals surface area contributed by atoms with Crippen molar-refractivity contribution in [2.24, 2.45) is 0 Å². The van der Waals surface area contributed by atoms with E-state index in [1.807, 2.05) is 56.3 Å². The predicted molar refractivity (Wildman–Crippen MR) is 134 cm³/mol. The molecule has 7 nitrogen and oxygen atoms in total. The van der Waals surface area contributed by atoms with Crippen LogP contribution in [0, 0.1) is 13.8 Å². The molecule has 1 heterocycles. The Bertz CT molecular complexity index is 1480. The molecule has 0 aliphatic rings. The lowest BCUT2D eigenvalue weighted by Crippen LogP contribution is -2.17. The highest BCUT2D eigenvalue weighted by Gasteiger charge is 2.20. The number of amides is 1. The minimum Gasteiger partial charge on any atom is -0.465 e. The highest BCUT2D eigenvalue weighted by molar-refractivity contribution is 6.15. The quantitative estimate of drug-likeness (QED) is 0.397. The van der Waals surface area contributed by atoms with Crippen LogP contribution >= 0.6 is 0 Å². The molecular weight excluding hydrogens is 444 g/mol. The Hall–Kier alpha value is -4.52. The van der Waals surface area contributed by atoms with Gasteiger partial charge in [-0.2, -0.15) is 0 Å². The highest BCUT2D eigenvalue weighted by Crippen LogP contribution is 2.28. The third-order valence-corrected chi connectivity index (χ3v) is 5.86. The van der Waals surface area contributed by atoms with Crippen LogP contribution in [-0.4, -0.2) is 37.0 Å². The van der Waals surface area contributed by atoms with E-state index in [2.05, 4.69) is 5.32 Å². The summed E-state index contributed by atoms with van der Waals surface area (Å²) >= 11 is 0. The summed E-state index contributed by atoms with van der Waals surface area (Å²) in [5.41, 5.74) is 5.28. The largest absolute Gasteiger partial charge is 0.465 e. The molecule has 1 N–H and O–H groups in total. The van der Waals surface area contributed by atoms with Gasteiger partial charge in [-0.25, -0.2) is 14.6 Å². The lowest BCUT2D eigenvalue weighted by Gasteiger charge is -2.14. The minimum absolute atomic E-state index is 0.112. The monoisotopic (exact) mass is 468 g/mol. The summed E-state index contributed by atoms with van der Waals surface area (Å²) in [5.74, 6) is -1.70. The van der Waals surface area contributed by atoms with Crippen LogP contribution in [0.1, 0.15) is 42.2 Å². The average Bonchev–Trinajstić information content (AvgIpc) is 2.88. The van der Waals surface area contributed by atoms with Gasteiger partial charge in [0.15, 0.2) is 0 Å². The number of rotatable bonds is 5. The number of fused-ring (bicyclic) bond motifs is 1. The molecule has 0 bridgehead atoms. The molecule has 0 unspecified atom stereocenters. The normalized spacial score (nSPS) is 10.6. The van der Waals surface area contributed by atoms with Gasteiger partial charge in [0.25, 0.3) is 5.91 Å². The summed E-state index contributed by atoms with van der Waals surface area (Å²) in [6.45, 7) is 4.06. The number of ether oxygens (including phenoxy) is 2. The van der Waals surface area contributed by atoms with Crippen molar-refractivity contribution >= 4 is 34.4 Å². The number of hydrogen-bond acceptors (Lipinski definition) is 6. The molecule has 0 saturated heterocycles. The number of nitrogens with one attached hydrogen (secondary N) is 1. The number of esters is 2. The third-order valence-electron chi connectivity index (χ3n) is 5.86. The maximum Gasteiger partial charge on any atom is 0.339 e. The van der Waals surface area contributed by atoms with Gasteiger partial charge >= 0.3 is 11.9 Å². The topological polar surface area (TPSA) is 94.6 Å². The summed E-state index contributed by atoms with van der Waals surface area (Å²) in [6.07, 6.45) is 0. The van der Waals surface area contributed by atoms with Crippen LogP contribution in [0.4, 0.5) is 5.69 Å². The Morgan fingerprint density at radius 2 is 1.51 bits per heavy atom. The Kier molecular flexibility index (Phi) is 6.59. The lowest BCUT2D eigenvalue weighted by molar-refractivity contribution is 0.0587. The van der Waals surface area contributed by atoms with Crippen LogP contribution < -0.4 is 5.32 Å². The van der Waals surface area contributed by atoms with Gasteiger partial charge in [-0.05, 0) is 61.4 Å². The average molecular weight is 469 g/mol. The number of carbonyl (C=O) groups is 3. The van der Waals surface area contributed by atoms with Crippen LogP contribution in [0.3, 0.4) is 0 Å². The number of pyridine rings is 1. The Morgan fingerprint density at radius 3 is 2.23 bits per heavy atom. The number of methoxy groups -OCH3 is 2. The van der Waals surface area contributed by atoms with E-state index in [4.69, 9.17) is 14.5 Å². The first-order valence-corrected chi connectivity index (χ1v) is 10.9. The van der Waals surface area contributed by atoms with Crippen molar-refractivity contribution in [3.63, 3.8) is 0 Å². The smallest absolute Gasteiger partial charge is 0.339 e. The van der Waals surface area contributed by atoms with E-state index < -0.39 is 17.8 Å². The first kappa shape index (κ1) is 23.6. The number of aromatic nitrogens is 1. The molecule has 4 rings (SSSR count). The Morgan fingerprint density at radius 1 is 0.771 bits per heavy atom. The maximum absolute atomic E-state index is 13.5. The Balaban J connectivity index is 1.82. The second kappa shape index (κ2) is 9.77. The van der Waals surface area contributed by atoms with E-state index in [9.17, 15) is 14.4 Å². The molecule has 35 heavy (non-hydrogen) atoms. The van der Waals surface area contributed by atoms with Crippen LogP contribution in [0.15, 0.2) is 66.7 Å². The second-order valence-electron chi connectivity index (χ2n) is 8.07. The molecule has 176 valence electrons.